The number of hydrogen-bond donors (Lipinski definition) is 3. The molecule has 9 nitrogen and oxygen atoms in total. The van der Waals surface area contributed by atoms with Crippen molar-refractivity contribution in [1.29, 1.82) is 5.41 Å². The Balaban J connectivity index is 1.96. The third kappa shape index (κ3) is 3.78. The van der Waals surface area contributed by atoms with Crippen LogP contribution in [0.5, 0.6) is 11.6 Å². The Morgan fingerprint density at radius 3 is 2.61 bits per heavy atom. The number of methoxy groups -OCH3 is 1. The van der Waals surface area contributed by atoms with E-state index in [1.807, 2.05) is 24.3 Å². The van der Waals surface area contributed by atoms with Crippen molar-refractivity contribution in [2.75, 3.05) is 7.11 Å². The first-order valence-electron chi connectivity index (χ1n) is 8.43. The van der Waals surface area contributed by atoms with E-state index in [1.165, 1.54) is 12.1 Å². The number of nitrogens with two attached hydrogens (primary N) is 1. The van der Waals surface area contributed by atoms with E-state index in [1.54, 1.807) is 19.2 Å². The van der Waals surface area contributed by atoms with Gasteiger partial charge in [0, 0.05) is 23.3 Å². The Kier molecular flexibility index (Phi) is 5.25. The Bertz CT molecular complexity index is 1030. The van der Waals surface area contributed by atoms with Crippen molar-refractivity contribution in [2.24, 2.45) is 5.73 Å². The van der Waals surface area contributed by atoms with Crippen molar-refractivity contribution in [3.05, 3.63) is 69.8 Å². The molecule has 0 fully saturated rings. The number of benzene rings is 2. The van der Waals surface area contributed by atoms with Gasteiger partial charge in [0.05, 0.1) is 12.0 Å². The highest BCUT2D eigenvalue weighted by molar-refractivity contribution is 5.80. The second-order valence-corrected chi connectivity index (χ2v) is 6.10. The summed E-state index contributed by atoms with van der Waals surface area (Å²) in [5.41, 5.74) is 7.97. The zero-order chi connectivity index (χ0) is 20.3. The Labute approximate surface area is 160 Å². The number of non-ortho nitro benzene ring substituents is 1. The average Bonchev–Trinajstić information content (AvgIpc) is 3.03. The molecule has 4 N–H and O–H groups in total. The predicted molar refractivity (Wildman–Crippen MR) is 104 cm³/mol. The van der Waals surface area contributed by atoms with Gasteiger partial charge in [0.2, 0.25) is 11.8 Å². The zero-order valence-electron chi connectivity index (χ0n) is 15.1. The molecule has 9 heteroatoms. The second-order valence-electron chi connectivity index (χ2n) is 6.10. The number of aromatic nitrogens is 2. The number of rotatable bonds is 6. The number of nitro benzene ring substituents is 1. The van der Waals surface area contributed by atoms with Gasteiger partial charge in [-0.1, -0.05) is 12.1 Å². The molecule has 144 valence electrons. The highest BCUT2D eigenvalue weighted by Gasteiger charge is 2.20. The summed E-state index contributed by atoms with van der Waals surface area (Å²) >= 11 is 0. The lowest BCUT2D eigenvalue weighted by molar-refractivity contribution is -0.384. The molecular weight excluding hydrogens is 362 g/mol. The molecule has 0 amide bonds. The molecule has 1 heterocycles. The summed E-state index contributed by atoms with van der Waals surface area (Å²) in [6.07, 6.45) is 1.02. The summed E-state index contributed by atoms with van der Waals surface area (Å²) in [4.78, 5) is 10.4. The molecule has 0 saturated heterocycles. The quantitative estimate of drug-likeness (QED) is 0.259. The first kappa shape index (κ1) is 18.9. The van der Waals surface area contributed by atoms with Gasteiger partial charge in [0.25, 0.3) is 5.69 Å². The molecule has 3 rings (SSSR count). The number of ether oxygens (including phenoxy) is 1. The topological polar surface area (TPSA) is 140 Å². The van der Waals surface area contributed by atoms with Crippen molar-refractivity contribution < 1.29 is 14.8 Å². The third-order valence-corrected chi connectivity index (χ3v) is 4.33. The molecule has 0 unspecified atom stereocenters. The van der Waals surface area contributed by atoms with E-state index in [0.717, 1.165) is 16.0 Å². The number of nitrogen functional groups attached to an aromatic ring is 1. The summed E-state index contributed by atoms with van der Waals surface area (Å²) in [5, 5.41) is 33.2. The van der Waals surface area contributed by atoms with E-state index in [0.29, 0.717) is 29.7 Å². The molecule has 0 atom stereocenters. The largest absolute Gasteiger partial charge is 0.497 e. The fraction of sp³-hybridized carbons (Fsp3) is 0.158. The normalized spacial score (nSPS) is 10.6. The molecule has 0 aliphatic heterocycles. The van der Waals surface area contributed by atoms with Crippen LogP contribution < -0.4 is 10.5 Å². The molecule has 0 aliphatic carbocycles. The van der Waals surface area contributed by atoms with Gasteiger partial charge in [-0.3, -0.25) is 15.5 Å². The SMILES string of the molecule is COc1cccc(CCc2c(-c3ccc([N+](=O)[O-])cc3)nn(C(=N)N)c2O)c1. The van der Waals surface area contributed by atoms with E-state index in [2.05, 4.69) is 5.10 Å². The van der Waals surface area contributed by atoms with Crippen LogP contribution in [-0.2, 0) is 12.8 Å². The fourth-order valence-corrected chi connectivity index (χ4v) is 2.91. The van der Waals surface area contributed by atoms with Crippen molar-refractivity contribution in [3.8, 4) is 22.9 Å². The van der Waals surface area contributed by atoms with Crippen LogP contribution in [-0.4, -0.2) is 32.9 Å². The number of nitrogens with one attached hydrogen (secondary N) is 1. The van der Waals surface area contributed by atoms with E-state index >= 15 is 0 Å². The minimum atomic E-state index is -0.487. The van der Waals surface area contributed by atoms with Crippen LogP contribution in [0.2, 0.25) is 0 Å². The summed E-state index contributed by atoms with van der Waals surface area (Å²) < 4.78 is 6.17. The number of nitro groups is 1. The molecule has 0 spiro atoms. The summed E-state index contributed by atoms with van der Waals surface area (Å²) in [5.74, 6) is 0.0915. The minimum Gasteiger partial charge on any atom is -0.497 e. The van der Waals surface area contributed by atoms with Crippen LogP contribution in [0.25, 0.3) is 11.3 Å². The Morgan fingerprint density at radius 2 is 2.00 bits per heavy atom. The van der Waals surface area contributed by atoms with Gasteiger partial charge in [-0.2, -0.15) is 9.78 Å². The van der Waals surface area contributed by atoms with E-state index < -0.39 is 10.9 Å². The van der Waals surface area contributed by atoms with Gasteiger partial charge in [-0.15, -0.1) is 0 Å². The molecule has 2 aromatic carbocycles. The van der Waals surface area contributed by atoms with Gasteiger partial charge in [-0.25, -0.2) is 0 Å². The molecule has 3 aromatic rings. The van der Waals surface area contributed by atoms with Gasteiger partial charge >= 0.3 is 0 Å². The third-order valence-electron chi connectivity index (χ3n) is 4.33. The highest BCUT2D eigenvalue weighted by Crippen LogP contribution is 2.32. The van der Waals surface area contributed by atoms with Gasteiger partial charge in [0.1, 0.15) is 11.4 Å². The van der Waals surface area contributed by atoms with Crippen LogP contribution in [0, 0.1) is 15.5 Å². The van der Waals surface area contributed by atoms with Crippen LogP contribution in [0.15, 0.2) is 48.5 Å². The Morgan fingerprint density at radius 1 is 1.29 bits per heavy atom. The highest BCUT2D eigenvalue weighted by atomic mass is 16.6. The van der Waals surface area contributed by atoms with Crippen molar-refractivity contribution >= 4 is 11.6 Å². The number of aryl methyl sites for hydroxylation is 1. The smallest absolute Gasteiger partial charge is 0.269 e. The summed E-state index contributed by atoms with van der Waals surface area (Å²) in [7, 11) is 1.59. The molecule has 0 saturated carbocycles. The van der Waals surface area contributed by atoms with Gasteiger partial charge in [-0.05, 0) is 42.7 Å². The van der Waals surface area contributed by atoms with Crippen molar-refractivity contribution in [1.82, 2.24) is 9.78 Å². The first-order valence-corrected chi connectivity index (χ1v) is 8.43. The first-order chi connectivity index (χ1) is 13.4. The lowest BCUT2D eigenvalue weighted by atomic mass is 10.0. The molecular formula is C19H19N5O4. The molecule has 28 heavy (non-hydrogen) atoms. The lowest BCUT2D eigenvalue weighted by Crippen LogP contribution is -2.21. The second kappa shape index (κ2) is 7.78. The standard InChI is InChI=1S/C19H19N5O4/c1-28-15-4-2-3-12(11-15)5-10-16-17(22-23(18(16)25)19(20)21)13-6-8-14(9-7-13)24(26)27/h2-4,6-9,11,25H,5,10H2,1H3,(H3,20,21). The minimum absolute atomic E-state index is 0.0445. The molecule has 0 aliphatic rings. The summed E-state index contributed by atoms with van der Waals surface area (Å²) in [6, 6.07) is 13.4. The molecule has 0 radical (unpaired) electrons. The zero-order valence-corrected chi connectivity index (χ0v) is 15.1. The average molecular weight is 381 g/mol. The molecule has 1 aromatic heterocycles. The monoisotopic (exact) mass is 381 g/mol. The van der Waals surface area contributed by atoms with Crippen LogP contribution in [0.3, 0.4) is 0 Å². The maximum atomic E-state index is 10.9. The lowest BCUT2D eigenvalue weighted by Gasteiger charge is -2.06. The Hall–Kier alpha value is -3.88. The number of nitrogens with zero attached hydrogens (tertiary/aromatic N) is 3. The van der Waals surface area contributed by atoms with Gasteiger partial charge in [0.15, 0.2) is 0 Å². The maximum Gasteiger partial charge on any atom is 0.269 e. The van der Waals surface area contributed by atoms with E-state index in [9.17, 15) is 15.2 Å². The predicted octanol–water partition coefficient (Wildman–Crippen LogP) is 2.70. The summed E-state index contributed by atoms with van der Waals surface area (Å²) in [6.45, 7) is 0. The van der Waals surface area contributed by atoms with Crippen LogP contribution >= 0.6 is 0 Å². The van der Waals surface area contributed by atoms with Crippen LogP contribution in [0.1, 0.15) is 11.1 Å². The number of hydrogen-bond acceptors (Lipinski definition) is 6. The van der Waals surface area contributed by atoms with Crippen LogP contribution in [0.4, 0.5) is 5.69 Å². The van der Waals surface area contributed by atoms with Crippen molar-refractivity contribution in [2.45, 2.75) is 12.8 Å². The fourth-order valence-electron chi connectivity index (χ4n) is 2.91. The van der Waals surface area contributed by atoms with E-state index in [4.69, 9.17) is 15.9 Å². The van der Waals surface area contributed by atoms with Gasteiger partial charge < -0.3 is 15.6 Å². The maximum absolute atomic E-state index is 10.9. The van der Waals surface area contributed by atoms with Crippen molar-refractivity contribution in [3.63, 3.8) is 0 Å². The number of aromatic hydroxyl groups is 1. The van der Waals surface area contributed by atoms with E-state index in [-0.39, 0.29) is 11.6 Å². The molecule has 0 bridgehead atoms.